The molecule has 0 bridgehead atoms. The lowest BCUT2D eigenvalue weighted by molar-refractivity contribution is 0.417. The zero-order chi connectivity index (χ0) is 16.0. The third-order valence-electron chi connectivity index (χ3n) is 4.03. The molecule has 23 heavy (non-hydrogen) atoms. The average Bonchev–Trinajstić information content (AvgIpc) is 3.12. The summed E-state index contributed by atoms with van der Waals surface area (Å²) in [5, 5.41) is 8.55. The maximum atomic E-state index is 6.14. The number of hydrogen-bond acceptors (Lipinski definition) is 5. The van der Waals surface area contributed by atoms with Crippen LogP contribution in [0, 0.1) is 6.92 Å². The van der Waals surface area contributed by atoms with Gasteiger partial charge in [0.15, 0.2) is 0 Å². The first-order chi connectivity index (χ1) is 11.2. The number of methoxy groups -OCH3 is 1. The number of benzene rings is 1. The molecule has 0 radical (unpaired) electrons. The number of nitrogens with one attached hydrogen (secondary N) is 1. The smallest absolute Gasteiger partial charge is 0.254 e. The SMILES string of the molecule is COc1ccc(Cl)cc1Nc1c2c(nc3nc(C)nn13)CCC2. The molecule has 4 rings (SSSR count). The number of hydrogen-bond donors (Lipinski definition) is 1. The third kappa shape index (κ3) is 2.39. The van der Waals surface area contributed by atoms with E-state index in [2.05, 4.69) is 20.4 Å². The lowest BCUT2D eigenvalue weighted by atomic mass is 10.2. The van der Waals surface area contributed by atoms with E-state index in [1.807, 2.05) is 19.1 Å². The van der Waals surface area contributed by atoms with Gasteiger partial charge in [0.25, 0.3) is 5.78 Å². The normalized spacial score (nSPS) is 13.3. The molecule has 0 unspecified atom stereocenters. The number of ether oxygens (including phenoxy) is 1. The van der Waals surface area contributed by atoms with Crippen LogP contribution in [0.5, 0.6) is 5.75 Å². The summed E-state index contributed by atoms with van der Waals surface area (Å²) in [4.78, 5) is 9.03. The molecule has 1 aliphatic carbocycles. The minimum Gasteiger partial charge on any atom is -0.495 e. The first-order valence-electron chi connectivity index (χ1n) is 7.51. The van der Waals surface area contributed by atoms with E-state index >= 15 is 0 Å². The Bertz CT molecular complexity index is 905. The van der Waals surface area contributed by atoms with Gasteiger partial charge in [-0.25, -0.2) is 4.98 Å². The van der Waals surface area contributed by atoms with E-state index in [0.29, 0.717) is 16.6 Å². The van der Waals surface area contributed by atoms with Crippen LogP contribution in [0.3, 0.4) is 0 Å². The van der Waals surface area contributed by atoms with E-state index in [1.54, 1.807) is 17.7 Å². The van der Waals surface area contributed by atoms with Crippen molar-refractivity contribution in [2.45, 2.75) is 26.2 Å². The van der Waals surface area contributed by atoms with Gasteiger partial charge in [0.1, 0.15) is 17.4 Å². The number of aryl methyl sites for hydroxylation is 2. The highest BCUT2D eigenvalue weighted by Crippen LogP contribution is 2.34. The average molecular weight is 330 g/mol. The fourth-order valence-corrected chi connectivity index (χ4v) is 3.19. The Labute approximate surface area is 138 Å². The highest BCUT2D eigenvalue weighted by molar-refractivity contribution is 6.31. The fourth-order valence-electron chi connectivity index (χ4n) is 3.01. The summed E-state index contributed by atoms with van der Waals surface area (Å²) < 4.78 is 7.19. The molecule has 0 atom stereocenters. The van der Waals surface area contributed by atoms with E-state index in [4.69, 9.17) is 16.3 Å². The molecule has 1 aromatic carbocycles. The molecule has 0 saturated carbocycles. The van der Waals surface area contributed by atoms with Crippen molar-refractivity contribution in [2.75, 3.05) is 12.4 Å². The van der Waals surface area contributed by atoms with Crippen LogP contribution >= 0.6 is 11.6 Å². The van der Waals surface area contributed by atoms with Crippen LogP contribution in [0.25, 0.3) is 5.78 Å². The Morgan fingerprint density at radius 3 is 2.96 bits per heavy atom. The van der Waals surface area contributed by atoms with Gasteiger partial charge in [-0.15, -0.1) is 5.10 Å². The molecule has 7 heteroatoms. The van der Waals surface area contributed by atoms with Gasteiger partial charge in [0.2, 0.25) is 0 Å². The second-order valence-corrected chi connectivity index (χ2v) is 6.02. The first kappa shape index (κ1) is 14.3. The number of rotatable bonds is 3. The topological polar surface area (TPSA) is 64.3 Å². The third-order valence-corrected chi connectivity index (χ3v) is 4.27. The lowest BCUT2D eigenvalue weighted by Gasteiger charge is -2.15. The molecular weight excluding hydrogens is 314 g/mol. The minimum absolute atomic E-state index is 0.617. The van der Waals surface area contributed by atoms with Gasteiger partial charge in [-0.05, 0) is 44.4 Å². The zero-order valence-electron chi connectivity index (χ0n) is 12.9. The Balaban J connectivity index is 1.90. The standard InChI is InChI=1S/C16H16ClN5O/c1-9-18-16-20-12-5-3-4-11(12)15(22(16)21-9)19-13-8-10(17)6-7-14(13)23-2/h6-8,19H,3-5H2,1-2H3. The molecule has 1 aliphatic rings. The second kappa shape index (κ2) is 5.38. The number of halogens is 1. The summed E-state index contributed by atoms with van der Waals surface area (Å²) in [5.41, 5.74) is 3.08. The van der Waals surface area contributed by atoms with Gasteiger partial charge < -0.3 is 10.1 Å². The van der Waals surface area contributed by atoms with Gasteiger partial charge >= 0.3 is 0 Å². The van der Waals surface area contributed by atoms with Crippen molar-refractivity contribution in [1.29, 1.82) is 0 Å². The van der Waals surface area contributed by atoms with Crippen molar-refractivity contribution in [3.63, 3.8) is 0 Å². The van der Waals surface area contributed by atoms with Crippen LogP contribution < -0.4 is 10.1 Å². The molecule has 0 spiro atoms. The summed E-state index contributed by atoms with van der Waals surface area (Å²) in [5.74, 6) is 2.93. The predicted octanol–water partition coefficient (Wildman–Crippen LogP) is 3.33. The molecular formula is C16H16ClN5O. The van der Waals surface area contributed by atoms with E-state index in [-0.39, 0.29) is 0 Å². The molecule has 0 aliphatic heterocycles. The molecule has 1 N–H and O–H groups in total. The van der Waals surface area contributed by atoms with Gasteiger partial charge in [-0.3, -0.25) is 0 Å². The van der Waals surface area contributed by atoms with Crippen molar-refractivity contribution in [2.24, 2.45) is 0 Å². The van der Waals surface area contributed by atoms with Crippen LogP contribution in [0.2, 0.25) is 5.02 Å². The molecule has 0 fully saturated rings. The van der Waals surface area contributed by atoms with Crippen LogP contribution in [-0.2, 0) is 12.8 Å². The highest BCUT2D eigenvalue weighted by atomic mass is 35.5. The maximum absolute atomic E-state index is 6.14. The summed E-state index contributed by atoms with van der Waals surface area (Å²) >= 11 is 6.14. The van der Waals surface area contributed by atoms with E-state index in [1.165, 1.54) is 5.56 Å². The van der Waals surface area contributed by atoms with Gasteiger partial charge in [0.05, 0.1) is 18.5 Å². The lowest BCUT2D eigenvalue weighted by Crippen LogP contribution is -2.07. The summed E-state index contributed by atoms with van der Waals surface area (Å²) in [6.45, 7) is 1.86. The molecule has 118 valence electrons. The largest absolute Gasteiger partial charge is 0.495 e. The van der Waals surface area contributed by atoms with Crippen molar-refractivity contribution in [1.82, 2.24) is 19.6 Å². The van der Waals surface area contributed by atoms with Crippen molar-refractivity contribution >= 4 is 28.9 Å². The Kier molecular flexibility index (Phi) is 3.34. The Hall–Kier alpha value is -2.34. The number of aromatic nitrogens is 4. The molecule has 6 nitrogen and oxygen atoms in total. The first-order valence-corrected chi connectivity index (χ1v) is 7.89. The summed E-state index contributed by atoms with van der Waals surface area (Å²) in [7, 11) is 1.64. The van der Waals surface area contributed by atoms with Crippen LogP contribution in [0.15, 0.2) is 18.2 Å². The quantitative estimate of drug-likeness (QED) is 0.798. The second-order valence-electron chi connectivity index (χ2n) is 5.58. The molecule has 2 aromatic heterocycles. The summed E-state index contributed by atoms with van der Waals surface area (Å²) in [6, 6.07) is 5.49. The van der Waals surface area contributed by atoms with Crippen molar-refractivity contribution in [3.8, 4) is 5.75 Å². The summed E-state index contributed by atoms with van der Waals surface area (Å²) in [6.07, 6.45) is 3.04. The number of anilines is 2. The zero-order valence-corrected chi connectivity index (χ0v) is 13.7. The predicted molar refractivity (Wildman–Crippen MR) is 88.8 cm³/mol. The molecule has 0 saturated heterocycles. The van der Waals surface area contributed by atoms with Crippen LogP contribution in [0.4, 0.5) is 11.5 Å². The maximum Gasteiger partial charge on any atom is 0.254 e. The highest BCUT2D eigenvalue weighted by Gasteiger charge is 2.22. The molecule has 0 amide bonds. The van der Waals surface area contributed by atoms with E-state index in [0.717, 1.165) is 42.2 Å². The van der Waals surface area contributed by atoms with Gasteiger partial charge in [0, 0.05) is 10.6 Å². The Morgan fingerprint density at radius 1 is 1.26 bits per heavy atom. The van der Waals surface area contributed by atoms with E-state index < -0.39 is 0 Å². The van der Waals surface area contributed by atoms with Crippen LogP contribution in [-0.4, -0.2) is 26.7 Å². The Morgan fingerprint density at radius 2 is 2.13 bits per heavy atom. The number of fused-ring (bicyclic) bond motifs is 2. The van der Waals surface area contributed by atoms with Crippen molar-refractivity contribution in [3.05, 3.63) is 40.3 Å². The molecule has 3 aromatic rings. The fraction of sp³-hybridized carbons (Fsp3) is 0.312. The van der Waals surface area contributed by atoms with E-state index in [9.17, 15) is 0 Å². The van der Waals surface area contributed by atoms with Gasteiger partial charge in [-0.2, -0.15) is 9.50 Å². The van der Waals surface area contributed by atoms with Gasteiger partial charge in [-0.1, -0.05) is 11.6 Å². The van der Waals surface area contributed by atoms with Crippen molar-refractivity contribution < 1.29 is 4.74 Å². The molecule has 2 heterocycles. The van der Waals surface area contributed by atoms with Crippen LogP contribution in [0.1, 0.15) is 23.5 Å². The number of nitrogens with zero attached hydrogens (tertiary/aromatic N) is 4. The monoisotopic (exact) mass is 329 g/mol. The minimum atomic E-state index is 0.617.